The van der Waals surface area contributed by atoms with Crippen molar-refractivity contribution in [1.82, 2.24) is 0 Å². The maximum atomic E-state index is 10.4. The van der Waals surface area contributed by atoms with Crippen LogP contribution in [0, 0.1) is 20.2 Å². The van der Waals surface area contributed by atoms with Gasteiger partial charge in [0.15, 0.2) is 0 Å². The summed E-state index contributed by atoms with van der Waals surface area (Å²) in [6.45, 7) is 0. The SMILES string of the molecule is O=S(=O)(O)CCc1ccccc1.O=[N+]([O-])c1cccc([N+](=O)[O-])c1. The van der Waals surface area contributed by atoms with Gasteiger partial charge in [-0.1, -0.05) is 30.3 Å². The molecule has 24 heavy (non-hydrogen) atoms. The molecule has 0 fully saturated rings. The van der Waals surface area contributed by atoms with Crippen molar-refractivity contribution < 1.29 is 22.8 Å². The molecule has 0 amide bonds. The van der Waals surface area contributed by atoms with Crippen LogP contribution in [0.4, 0.5) is 11.4 Å². The molecule has 0 heterocycles. The summed E-state index contributed by atoms with van der Waals surface area (Å²) in [6.07, 6.45) is 0.361. The normalized spacial score (nSPS) is 10.4. The summed E-state index contributed by atoms with van der Waals surface area (Å²) in [6, 6.07) is 13.8. The second-order valence-corrected chi connectivity index (χ2v) is 6.13. The highest BCUT2D eigenvalue weighted by atomic mass is 32.2. The van der Waals surface area contributed by atoms with Crippen molar-refractivity contribution in [2.24, 2.45) is 0 Å². The molecule has 0 unspecified atom stereocenters. The Balaban J connectivity index is 0.000000240. The molecule has 0 saturated carbocycles. The van der Waals surface area contributed by atoms with Crippen molar-refractivity contribution in [1.29, 1.82) is 0 Å². The predicted octanol–water partition coefficient (Wildman–Crippen LogP) is 2.62. The summed E-state index contributed by atoms with van der Waals surface area (Å²) >= 11 is 0. The van der Waals surface area contributed by atoms with Crippen molar-refractivity contribution in [2.75, 3.05) is 5.75 Å². The number of nitro benzene ring substituents is 2. The Morgan fingerprint density at radius 3 is 1.79 bits per heavy atom. The maximum absolute atomic E-state index is 10.4. The van der Waals surface area contributed by atoms with E-state index in [-0.39, 0.29) is 17.1 Å². The fraction of sp³-hybridized carbons (Fsp3) is 0.143. The Kier molecular flexibility index (Phi) is 6.96. The van der Waals surface area contributed by atoms with Gasteiger partial charge in [-0.2, -0.15) is 8.42 Å². The average molecular weight is 354 g/mol. The van der Waals surface area contributed by atoms with E-state index in [0.717, 1.165) is 11.6 Å². The monoisotopic (exact) mass is 354 g/mol. The van der Waals surface area contributed by atoms with Crippen LogP contribution in [-0.2, 0) is 16.5 Å². The molecule has 0 aliphatic heterocycles. The molecule has 10 heteroatoms. The van der Waals surface area contributed by atoms with E-state index in [1.165, 1.54) is 18.2 Å². The van der Waals surface area contributed by atoms with Gasteiger partial charge in [0.25, 0.3) is 21.5 Å². The summed E-state index contributed by atoms with van der Waals surface area (Å²) in [5.41, 5.74) is 0.364. The number of nitrogens with zero attached hydrogens (tertiary/aromatic N) is 2. The van der Waals surface area contributed by atoms with E-state index in [9.17, 15) is 28.6 Å². The van der Waals surface area contributed by atoms with Gasteiger partial charge in [-0.25, -0.2) is 0 Å². The molecule has 0 bridgehead atoms. The van der Waals surface area contributed by atoms with Crippen LogP contribution >= 0.6 is 0 Å². The first-order chi connectivity index (χ1) is 11.2. The fourth-order valence-electron chi connectivity index (χ4n) is 1.61. The van der Waals surface area contributed by atoms with Crippen LogP contribution in [0.1, 0.15) is 5.56 Å². The Labute approximate surface area is 137 Å². The first-order valence-electron chi connectivity index (χ1n) is 6.57. The van der Waals surface area contributed by atoms with E-state index in [1.54, 1.807) is 0 Å². The Bertz CT molecular complexity index is 778. The number of aryl methyl sites for hydroxylation is 1. The highest BCUT2D eigenvalue weighted by Gasteiger charge is 2.11. The lowest BCUT2D eigenvalue weighted by atomic mass is 10.2. The highest BCUT2D eigenvalue weighted by molar-refractivity contribution is 7.85. The van der Waals surface area contributed by atoms with Crippen LogP contribution in [0.2, 0.25) is 0 Å². The van der Waals surface area contributed by atoms with Crippen LogP contribution < -0.4 is 0 Å². The predicted molar refractivity (Wildman–Crippen MR) is 86.3 cm³/mol. The third-order valence-electron chi connectivity index (χ3n) is 2.74. The van der Waals surface area contributed by atoms with Gasteiger partial charge >= 0.3 is 0 Å². The lowest BCUT2D eigenvalue weighted by Crippen LogP contribution is -2.06. The molecular formula is C14H14N2O7S. The molecular weight excluding hydrogens is 340 g/mol. The molecule has 0 spiro atoms. The molecule has 128 valence electrons. The van der Waals surface area contributed by atoms with Gasteiger partial charge in [0, 0.05) is 12.1 Å². The average Bonchev–Trinajstić information content (AvgIpc) is 2.54. The zero-order valence-electron chi connectivity index (χ0n) is 12.3. The topological polar surface area (TPSA) is 141 Å². The molecule has 0 aliphatic rings. The van der Waals surface area contributed by atoms with Crippen molar-refractivity contribution in [2.45, 2.75) is 6.42 Å². The molecule has 2 rings (SSSR count). The van der Waals surface area contributed by atoms with E-state index >= 15 is 0 Å². The Hall–Kier alpha value is -2.85. The van der Waals surface area contributed by atoms with Crippen molar-refractivity contribution >= 4 is 21.5 Å². The molecule has 1 N–H and O–H groups in total. The number of non-ortho nitro benzene ring substituents is 2. The summed E-state index contributed by atoms with van der Waals surface area (Å²) in [7, 11) is -3.82. The van der Waals surface area contributed by atoms with Crippen molar-refractivity contribution in [3.05, 3.63) is 80.4 Å². The number of hydrogen-bond acceptors (Lipinski definition) is 6. The maximum Gasteiger partial charge on any atom is 0.276 e. The highest BCUT2D eigenvalue weighted by Crippen LogP contribution is 2.18. The van der Waals surface area contributed by atoms with Gasteiger partial charge in [0.05, 0.1) is 21.7 Å². The van der Waals surface area contributed by atoms with Crippen molar-refractivity contribution in [3.8, 4) is 0 Å². The second kappa shape index (κ2) is 8.70. The minimum atomic E-state index is -3.82. The number of nitro groups is 2. The zero-order chi connectivity index (χ0) is 18.2. The molecule has 0 radical (unpaired) electrons. The van der Waals surface area contributed by atoms with E-state index < -0.39 is 20.0 Å². The summed E-state index contributed by atoms with van der Waals surface area (Å²) in [4.78, 5) is 19.0. The number of benzene rings is 2. The standard InChI is InChI=1S/C8H10O3S.C6H4N2O4/c9-12(10,11)7-6-8-4-2-1-3-5-8;9-7(10)5-2-1-3-6(4-5)8(11)12/h1-5H,6-7H2,(H,9,10,11);1-4H. The van der Waals surface area contributed by atoms with Gasteiger partial charge < -0.3 is 0 Å². The van der Waals surface area contributed by atoms with Crippen LogP contribution in [0.25, 0.3) is 0 Å². The molecule has 0 saturated heterocycles. The Morgan fingerprint density at radius 1 is 0.875 bits per heavy atom. The second-order valence-electron chi connectivity index (χ2n) is 4.56. The van der Waals surface area contributed by atoms with Gasteiger partial charge in [-0.15, -0.1) is 0 Å². The van der Waals surface area contributed by atoms with Crippen molar-refractivity contribution in [3.63, 3.8) is 0 Å². The van der Waals surface area contributed by atoms with Crippen LogP contribution in [0.5, 0.6) is 0 Å². The lowest BCUT2D eigenvalue weighted by Gasteiger charge is -1.97. The summed E-state index contributed by atoms with van der Waals surface area (Å²) in [5.74, 6) is -0.211. The first-order valence-corrected chi connectivity index (χ1v) is 8.18. The largest absolute Gasteiger partial charge is 0.286 e. The third kappa shape index (κ3) is 7.42. The third-order valence-corrected chi connectivity index (χ3v) is 3.46. The summed E-state index contributed by atoms with van der Waals surface area (Å²) in [5, 5.41) is 20.3. The fourth-order valence-corrected chi connectivity index (χ4v) is 2.11. The first kappa shape index (κ1) is 19.2. The van der Waals surface area contributed by atoms with Crippen LogP contribution in [-0.4, -0.2) is 28.6 Å². The summed E-state index contributed by atoms with van der Waals surface area (Å²) < 4.78 is 29.2. The number of hydrogen-bond donors (Lipinski definition) is 1. The number of rotatable bonds is 5. The molecule has 0 aliphatic carbocycles. The van der Waals surface area contributed by atoms with Gasteiger partial charge in [-0.3, -0.25) is 24.8 Å². The molecule has 0 aromatic heterocycles. The van der Waals surface area contributed by atoms with E-state index in [4.69, 9.17) is 4.55 Å². The zero-order valence-corrected chi connectivity index (χ0v) is 13.1. The lowest BCUT2D eigenvalue weighted by molar-refractivity contribution is -0.394. The van der Waals surface area contributed by atoms with E-state index in [1.807, 2.05) is 30.3 Å². The molecule has 2 aromatic rings. The van der Waals surface area contributed by atoms with E-state index in [2.05, 4.69) is 0 Å². The smallest absolute Gasteiger partial charge is 0.276 e. The molecule has 0 atom stereocenters. The van der Waals surface area contributed by atoms with E-state index in [0.29, 0.717) is 6.42 Å². The quantitative estimate of drug-likeness (QED) is 0.494. The minimum Gasteiger partial charge on any atom is -0.286 e. The molecule has 2 aromatic carbocycles. The van der Waals surface area contributed by atoms with Gasteiger partial charge in [0.1, 0.15) is 0 Å². The van der Waals surface area contributed by atoms with Gasteiger partial charge in [-0.05, 0) is 18.1 Å². The van der Waals surface area contributed by atoms with Crippen LogP contribution in [0.3, 0.4) is 0 Å². The van der Waals surface area contributed by atoms with Crippen LogP contribution in [0.15, 0.2) is 54.6 Å². The molecule has 9 nitrogen and oxygen atoms in total. The minimum absolute atomic E-state index is 0.211. The van der Waals surface area contributed by atoms with Gasteiger partial charge in [0.2, 0.25) is 0 Å². The Morgan fingerprint density at radius 2 is 1.38 bits per heavy atom.